The average molecular weight is 331 g/mol. The van der Waals surface area contributed by atoms with Gasteiger partial charge in [-0.15, -0.1) is 0 Å². The van der Waals surface area contributed by atoms with Crippen molar-refractivity contribution < 1.29 is 13.6 Å². The van der Waals surface area contributed by atoms with Crippen molar-refractivity contribution >= 4 is 28.8 Å². The number of benzene rings is 1. The summed E-state index contributed by atoms with van der Waals surface area (Å²) in [5.74, 6) is 0.847. The highest BCUT2D eigenvalue weighted by atomic mass is 16.3. The molecule has 0 aliphatic heterocycles. The first-order valence-electron chi connectivity index (χ1n) is 7.61. The summed E-state index contributed by atoms with van der Waals surface area (Å²) >= 11 is 0. The number of pyridine rings is 1. The summed E-state index contributed by atoms with van der Waals surface area (Å²) in [7, 11) is 0. The van der Waals surface area contributed by atoms with Gasteiger partial charge in [-0.2, -0.15) is 0 Å². The van der Waals surface area contributed by atoms with Gasteiger partial charge in [0.05, 0.1) is 11.8 Å². The number of nitrogens with zero attached hydrogens (tertiary/aromatic N) is 2. The first kappa shape index (κ1) is 14.9. The van der Waals surface area contributed by atoms with Gasteiger partial charge in [-0.1, -0.05) is 0 Å². The van der Waals surface area contributed by atoms with E-state index in [1.807, 2.05) is 12.1 Å². The molecule has 4 rings (SSSR count). The summed E-state index contributed by atoms with van der Waals surface area (Å²) in [6.07, 6.45) is 7.94. The zero-order chi connectivity index (χ0) is 17.1. The van der Waals surface area contributed by atoms with E-state index in [0.717, 1.165) is 5.56 Å². The molecule has 1 amide bonds. The molecule has 0 aliphatic rings. The Morgan fingerprint density at radius 2 is 2.12 bits per heavy atom. The van der Waals surface area contributed by atoms with Crippen molar-refractivity contribution in [3.05, 3.63) is 73.0 Å². The van der Waals surface area contributed by atoms with E-state index < -0.39 is 0 Å². The number of anilines is 1. The summed E-state index contributed by atoms with van der Waals surface area (Å²) in [5, 5.41) is 2.78. The first-order valence-corrected chi connectivity index (χ1v) is 7.61. The Hall–Kier alpha value is -3.67. The maximum absolute atomic E-state index is 12.0. The van der Waals surface area contributed by atoms with Crippen LogP contribution in [-0.2, 0) is 4.79 Å². The lowest BCUT2D eigenvalue weighted by atomic mass is 10.2. The summed E-state index contributed by atoms with van der Waals surface area (Å²) < 4.78 is 10.9. The van der Waals surface area contributed by atoms with Gasteiger partial charge in [0.15, 0.2) is 5.58 Å². The van der Waals surface area contributed by atoms with E-state index in [9.17, 15) is 4.79 Å². The van der Waals surface area contributed by atoms with Crippen LogP contribution in [0.15, 0.2) is 76.0 Å². The molecule has 25 heavy (non-hydrogen) atoms. The molecule has 0 saturated carbocycles. The minimum atomic E-state index is -0.258. The Bertz CT molecular complexity index is 1030. The van der Waals surface area contributed by atoms with Crippen LogP contribution in [-0.4, -0.2) is 15.9 Å². The van der Waals surface area contributed by atoms with E-state index >= 15 is 0 Å². The summed E-state index contributed by atoms with van der Waals surface area (Å²) in [6, 6.07) is 12.5. The van der Waals surface area contributed by atoms with Crippen molar-refractivity contribution in [2.75, 3.05) is 5.32 Å². The number of furan rings is 1. The fraction of sp³-hybridized carbons (Fsp3) is 0. The molecule has 0 saturated heterocycles. The molecule has 6 heteroatoms. The summed E-state index contributed by atoms with van der Waals surface area (Å²) in [4.78, 5) is 20.5. The van der Waals surface area contributed by atoms with Gasteiger partial charge in [0, 0.05) is 24.2 Å². The van der Waals surface area contributed by atoms with E-state index in [4.69, 9.17) is 8.83 Å². The number of fused-ring (bicyclic) bond motifs is 1. The molecule has 6 nitrogen and oxygen atoms in total. The van der Waals surface area contributed by atoms with Crippen molar-refractivity contribution in [2.24, 2.45) is 0 Å². The summed E-state index contributed by atoms with van der Waals surface area (Å²) in [5.41, 5.74) is 2.73. The molecule has 0 radical (unpaired) electrons. The van der Waals surface area contributed by atoms with Crippen LogP contribution in [0.3, 0.4) is 0 Å². The van der Waals surface area contributed by atoms with Crippen molar-refractivity contribution in [2.45, 2.75) is 0 Å². The number of carbonyl (C=O) groups excluding carboxylic acids is 1. The fourth-order valence-electron chi connectivity index (χ4n) is 2.35. The van der Waals surface area contributed by atoms with Gasteiger partial charge in [0.1, 0.15) is 11.3 Å². The van der Waals surface area contributed by atoms with Crippen LogP contribution in [0.4, 0.5) is 5.69 Å². The van der Waals surface area contributed by atoms with Gasteiger partial charge in [0.25, 0.3) is 0 Å². The minimum absolute atomic E-state index is 0.258. The quantitative estimate of drug-likeness (QED) is 0.569. The predicted octanol–water partition coefficient (Wildman–Crippen LogP) is 4.13. The summed E-state index contributed by atoms with van der Waals surface area (Å²) in [6.45, 7) is 0. The maximum Gasteiger partial charge on any atom is 0.248 e. The van der Waals surface area contributed by atoms with Crippen LogP contribution in [0, 0.1) is 0 Å². The van der Waals surface area contributed by atoms with Crippen molar-refractivity contribution in [1.29, 1.82) is 0 Å². The van der Waals surface area contributed by atoms with Gasteiger partial charge in [0.2, 0.25) is 11.8 Å². The zero-order valence-corrected chi connectivity index (χ0v) is 13.0. The van der Waals surface area contributed by atoms with E-state index in [0.29, 0.717) is 28.4 Å². The average Bonchev–Trinajstić information content (AvgIpc) is 3.30. The topological polar surface area (TPSA) is 81.2 Å². The normalized spacial score (nSPS) is 11.2. The van der Waals surface area contributed by atoms with Crippen LogP contribution in [0.2, 0.25) is 0 Å². The third-order valence-corrected chi connectivity index (χ3v) is 3.51. The maximum atomic E-state index is 12.0. The van der Waals surface area contributed by atoms with Crippen LogP contribution in [0.5, 0.6) is 0 Å². The largest absolute Gasteiger partial charge is 0.465 e. The van der Waals surface area contributed by atoms with Crippen molar-refractivity contribution in [1.82, 2.24) is 9.97 Å². The molecule has 1 N–H and O–H groups in total. The van der Waals surface area contributed by atoms with Gasteiger partial charge in [-0.25, -0.2) is 4.98 Å². The lowest BCUT2D eigenvalue weighted by molar-refractivity contribution is -0.111. The number of oxazole rings is 1. The molecule has 0 atom stereocenters. The van der Waals surface area contributed by atoms with Gasteiger partial charge in [-0.05, 0) is 48.5 Å². The Morgan fingerprint density at radius 1 is 1.16 bits per heavy atom. The lowest BCUT2D eigenvalue weighted by Gasteiger charge is -2.00. The highest BCUT2D eigenvalue weighted by Crippen LogP contribution is 2.25. The molecule has 122 valence electrons. The molecule has 0 bridgehead atoms. The van der Waals surface area contributed by atoms with Crippen molar-refractivity contribution in [3.8, 4) is 11.5 Å². The van der Waals surface area contributed by atoms with Crippen LogP contribution < -0.4 is 5.32 Å². The zero-order valence-electron chi connectivity index (χ0n) is 13.0. The Labute approximate surface area is 142 Å². The number of amides is 1. The molecular weight excluding hydrogens is 318 g/mol. The second-order valence-electron chi connectivity index (χ2n) is 5.28. The lowest BCUT2D eigenvalue weighted by Crippen LogP contribution is -2.07. The second-order valence-corrected chi connectivity index (χ2v) is 5.28. The monoisotopic (exact) mass is 331 g/mol. The van der Waals surface area contributed by atoms with E-state index in [1.54, 1.807) is 55.1 Å². The third-order valence-electron chi connectivity index (χ3n) is 3.51. The van der Waals surface area contributed by atoms with Gasteiger partial charge in [-0.3, -0.25) is 9.78 Å². The highest BCUT2D eigenvalue weighted by molar-refractivity contribution is 6.02. The van der Waals surface area contributed by atoms with Crippen molar-refractivity contribution in [3.63, 3.8) is 0 Å². The molecule has 0 spiro atoms. The molecular formula is C19H13N3O3. The van der Waals surface area contributed by atoms with Crippen LogP contribution >= 0.6 is 0 Å². The molecule has 1 aromatic carbocycles. The van der Waals surface area contributed by atoms with E-state index in [-0.39, 0.29) is 5.91 Å². The number of aromatic nitrogens is 2. The molecule has 4 aromatic rings. The number of nitrogens with one attached hydrogen (secondary N) is 1. The first-order chi connectivity index (χ1) is 12.3. The van der Waals surface area contributed by atoms with Gasteiger partial charge >= 0.3 is 0 Å². The molecule has 3 heterocycles. The molecule has 0 aliphatic carbocycles. The molecule has 0 unspecified atom stereocenters. The number of rotatable bonds is 4. The van der Waals surface area contributed by atoms with Crippen LogP contribution in [0.25, 0.3) is 28.6 Å². The Kier molecular flexibility index (Phi) is 3.84. The number of carbonyl (C=O) groups is 1. The number of hydrogen-bond donors (Lipinski definition) is 1. The van der Waals surface area contributed by atoms with E-state index in [2.05, 4.69) is 15.3 Å². The highest BCUT2D eigenvalue weighted by Gasteiger charge is 2.09. The SMILES string of the molecule is O=C(/C=C\c1ccco1)Nc1ccc2oc(-c3cccnc3)nc2c1. The second kappa shape index (κ2) is 6.45. The number of hydrogen-bond acceptors (Lipinski definition) is 5. The smallest absolute Gasteiger partial charge is 0.248 e. The fourth-order valence-corrected chi connectivity index (χ4v) is 2.35. The molecule has 0 fully saturated rings. The Morgan fingerprint density at radius 3 is 2.92 bits per heavy atom. The van der Waals surface area contributed by atoms with Gasteiger partial charge < -0.3 is 14.2 Å². The molecule has 3 aromatic heterocycles. The van der Waals surface area contributed by atoms with Crippen LogP contribution in [0.1, 0.15) is 5.76 Å². The van der Waals surface area contributed by atoms with E-state index in [1.165, 1.54) is 6.08 Å². The minimum Gasteiger partial charge on any atom is -0.465 e. The Balaban J connectivity index is 1.54. The third kappa shape index (κ3) is 3.32. The standard InChI is InChI=1S/C19H13N3O3/c23-18(8-6-15-4-2-10-24-15)21-14-5-7-17-16(11-14)22-19(25-17)13-3-1-9-20-12-13/h1-12H,(H,21,23)/b8-6-. The predicted molar refractivity (Wildman–Crippen MR) is 93.6 cm³/mol.